The average molecular weight is 301 g/mol. The van der Waals surface area contributed by atoms with Crippen LogP contribution in [0.25, 0.3) is 0 Å². The summed E-state index contributed by atoms with van der Waals surface area (Å²) in [5.74, 6) is 1.32. The molecule has 1 atom stereocenters. The molecule has 2 aromatic rings. The van der Waals surface area contributed by atoms with Crippen molar-refractivity contribution >= 4 is 11.6 Å². The van der Waals surface area contributed by atoms with E-state index in [0.717, 1.165) is 43.9 Å². The smallest absolute Gasteiger partial charge is 0.252 e. The Balaban J connectivity index is 1.74. The monoisotopic (exact) mass is 301 g/mol. The van der Waals surface area contributed by atoms with Crippen LogP contribution in [0.5, 0.6) is 0 Å². The van der Waals surface area contributed by atoms with Crippen LogP contribution in [0.3, 0.4) is 0 Å². The summed E-state index contributed by atoms with van der Waals surface area (Å²) < 4.78 is 5.02. The van der Waals surface area contributed by atoms with Gasteiger partial charge in [0.1, 0.15) is 0 Å². The lowest BCUT2D eigenvalue weighted by atomic mass is 9.94. The number of anilines is 1. The molecule has 2 aromatic heterocycles. The van der Waals surface area contributed by atoms with Gasteiger partial charge in [0.2, 0.25) is 5.89 Å². The topological polar surface area (TPSA) is 98.1 Å². The van der Waals surface area contributed by atoms with Crippen molar-refractivity contribution in [3.8, 4) is 0 Å². The molecule has 1 aliphatic heterocycles. The zero-order chi connectivity index (χ0) is 15.5. The van der Waals surface area contributed by atoms with Crippen molar-refractivity contribution in [1.29, 1.82) is 0 Å². The van der Waals surface area contributed by atoms with Gasteiger partial charge in [-0.05, 0) is 24.8 Å². The van der Waals surface area contributed by atoms with Crippen LogP contribution in [0.4, 0.5) is 5.69 Å². The minimum atomic E-state index is -0.445. The Morgan fingerprint density at radius 2 is 2.41 bits per heavy atom. The van der Waals surface area contributed by atoms with E-state index in [0.29, 0.717) is 17.4 Å². The first-order valence-corrected chi connectivity index (χ1v) is 7.41. The van der Waals surface area contributed by atoms with E-state index in [2.05, 4.69) is 20.0 Å². The molecular formula is C15H19N5O2. The Bertz CT molecular complexity index is 669. The van der Waals surface area contributed by atoms with Crippen molar-refractivity contribution in [2.75, 3.05) is 18.0 Å². The lowest BCUT2D eigenvalue weighted by Gasteiger charge is -2.34. The van der Waals surface area contributed by atoms with Crippen molar-refractivity contribution in [2.45, 2.75) is 26.2 Å². The molecule has 1 fully saturated rings. The number of rotatable bonds is 4. The van der Waals surface area contributed by atoms with Crippen molar-refractivity contribution in [3.63, 3.8) is 0 Å². The summed E-state index contributed by atoms with van der Waals surface area (Å²) in [7, 11) is 0. The second kappa shape index (κ2) is 6.13. The van der Waals surface area contributed by atoms with E-state index >= 15 is 0 Å². The summed E-state index contributed by atoms with van der Waals surface area (Å²) in [6.45, 7) is 3.55. The highest BCUT2D eigenvalue weighted by molar-refractivity contribution is 5.98. The third kappa shape index (κ3) is 3.08. The standard InChI is InChI=1S/C15H19N5O2/c1-10-18-14(19-22-10)7-11-3-2-6-20(9-11)13-4-5-17-8-12(13)15(16)21/h4-5,8,11H,2-3,6-7,9H2,1H3,(H2,16,21). The van der Waals surface area contributed by atoms with Crippen LogP contribution >= 0.6 is 0 Å². The van der Waals surface area contributed by atoms with Crippen LogP contribution in [0.15, 0.2) is 23.0 Å². The molecule has 22 heavy (non-hydrogen) atoms. The van der Waals surface area contributed by atoms with Crippen molar-refractivity contribution in [1.82, 2.24) is 15.1 Å². The molecule has 116 valence electrons. The number of primary amides is 1. The van der Waals surface area contributed by atoms with Gasteiger partial charge in [0.25, 0.3) is 5.91 Å². The highest BCUT2D eigenvalue weighted by atomic mass is 16.5. The van der Waals surface area contributed by atoms with Crippen LogP contribution in [-0.2, 0) is 6.42 Å². The fourth-order valence-corrected chi connectivity index (χ4v) is 2.99. The maximum Gasteiger partial charge on any atom is 0.252 e. The van der Waals surface area contributed by atoms with Crippen molar-refractivity contribution < 1.29 is 9.32 Å². The number of aromatic nitrogens is 3. The molecule has 1 saturated heterocycles. The maximum absolute atomic E-state index is 11.6. The number of carbonyl (C=O) groups is 1. The number of hydrogen-bond donors (Lipinski definition) is 1. The largest absolute Gasteiger partial charge is 0.371 e. The highest BCUT2D eigenvalue weighted by Gasteiger charge is 2.24. The van der Waals surface area contributed by atoms with Crippen LogP contribution in [0.2, 0.25) is 0 Å². The first-order chi connectivity index (χ1) is 10.6. The Labute approximate surface area is 128 Å². The van der Waals surface area contributed by atoms with Crippen LogP contribution in [-0.4, -0.2) is 34.1 Å². The van der Waals surface area contributed by atoms with Gasteiger partial charge in [-0.3, -0.25) is 9.78 Å². The number of amides is 1. The number of nitrogens with two attached hydrogens (primary N) is 1. The quantitative estimate of drug-likeness (QED) is 0.914. The van der Waals surface area contributed by atoms with Gasteiger partial charge in [0, 0.05) is 38.8 Å². The summed E-state index contributed by atoms with van der Waals surface area (Å²) in [6, 6.07) is 1.85. The van der Waals surface area contributed by atoms with Crippen molar-refractivity contribution in [3.05, 3.63) is 35.7 Å². The molecule has 2 N–H and O–H groups in total. The molecule has 0 radical (unpaired) electrons. The fourth-order valence-electron chi connectivity index (χ4n) is 2.99. The summed E-state index contributed by atoms with van der Waals surface area (Å²) in [5, 5.41) is 3.96. The molecule has 7 heteroatoms. The molecule has 1 unspecified atom stereocenters. The van der Waals surface area contributed by atoms with E-state index in [1.807, 2.05) is 6.07 Å². The second-order valence-corrected chi connectivity index (χ2v) is 5.65. The minimum Gasteiger partial charge on any atom is -0.371 e. The Kier molecular flexibility index (Phi) is 4.04. The van der Waals surface area contributed by atoms with Crippen molar-refractivity contribution in [2.24, 2.45) is 11.7 Å². The number of nitrogens with zero attached hydrogens (tertiary/aromatic N) is 4. The number of piperidine rings is 1. The van der Waals surface area contributed by atoms with Crippen LogP contribution in [0.1, 0.15) is 34.9 Å². The Morgan fingerprint density at radius 1 is 1.55 bits per heavy atom. The van der Waals surface area contributed by atoms with E-state index in [1.165, 1.54) is 6.20 Å². The third-order valence-corrected chi connectivity index (χ3v) is 3.96. The third-order valence-electron chi connectivity index (χ3n) is 3.96. The number of pyridine rings is 1. The highest BCUT2D eigenvalue weighted by Crippen LogP contribution is 2.27. The van der Waals surface area contributed by atoms with Gasteiger partial charge >= 0.3 is 0 Å². The summed E-state index contributed by atoms with van der Waals surface area (Å²) in [4.78, 5) is 22.0. The van der Waals surface area contributed by atoms with E-state index in [1.54, 1.807) is 13.1 Å². The zero-order valence-corrected chi connectivity index (χ0v) is 12.5. The van der Waals surface area contributed by atoms with E-state index < -0.39 is 5.91 Å². The van der Waals surface area contributed by atoms with Gasteiger partial charge in [0.05, 0.1) is 11.3 Å². The Hall–Kier alpha value is -2.44. The molecule has 3 heterocycles. The number of aryl methyl sites for hydroxylation is 1. The molecule has 0 bridgehead atoms. The van der Waals surface area contributed by atoms with E-state index in [4.69, 9.17) is 10.3 Å². The average Bonchev–Trinajstić information content (AvgIpc) is 2.92. The zero-order valence-electron chi connectivity index (χ0n) is 12.5. The molecule has 1 aliphatic rings. The van der Waals surface area contributed by atoms with E-state index in [-0.39, 0.29) is 0 Å². The van der Waals surface area contributed by atoms with Gasteiger partial charge in [0.15, 0.2) is 5.82 Å². The predicted molar refractivity (Wildman–Crippen MR) is 80.4 cm³/mol. The lowest BCUT2D eigenvalue weighted by molar-refractivity contribution is 0.1000. The Morgan fingerprint density at radius 3 is 3.14 bits per heavy atom. The summed E-state index contributed by atoms with van der Waals surface area (Å²) in [6.07, 6.45) is 6.17. The van der Waals surface area contributed by atoms with Gasteiger partial charge in [-0.1, -0.05) is 5.16 Å². The number of carbonyl (C=O) groups excluding carboxylic acids is 1. The van der Waals surface area contributed by atoms with E-state index in [9.17, 15) is 4.79 Å². The molecule has 1 amide bonds. The first kappa shape index (κ1) is 14.5. The maximum atomic E-state index is 11.6. The summed E-state index contributed by atoms with van der Waals surface area (Å²) >= 11 is 0. The normalized spacial score (nSPS) is 18.4. The van der Waals surface area contributed by atoms with Crippen LogP contribution < -0.4 is 10.6 Å². The molecule has 3 rings (SSSR count). The predicted octanol–water partition coefficient (Wildman–Crippen LogP) is 1.33. The fraction of sp³-hybridized carbons (Fsp3) is 0.467. The van der Waals surface area contributed by atoms with Gasteiger partial charge in [-0.2, -0.15) is 4.98 Å². The lowest BCUT2D eigenvalue weighted by Crippen LogP contribution is -2.37. The first-order valence-electron chi connectivity index (χ1n) is 7.41. The molecule has 0 aromatic carbocycles. The molecular weight excluding hydrogens is 282 g/mol. The molecule has 0 aliphatic carbocycles. The second-order valence-electron chi connectivity index (χ2n) is 5.65. The SMILES string of the molecule is Cc1nc(CC2CCCN(c3ccncc3C(N)=O)C2)no1. The van der Waals surface area contributed by atoms with Gasteiger partial charge < -0.3 is 15.2 Å². The van der Waals surface area contributed by atoms with Crippen LogP contribution in [0, 0.1) is 12.8 Å². The molecule has 0 spiro atoms. The van der Waals surface area contributed by atoms with Gasteiger partial charge in [-0.15, -0.1) is 0 Å². The molecule has 0 saturated carbocycles. The minimum absolute atomic E-state index is 0.430. The van der Waals surface area contributed by atoms with Gasteiger partial charge in [-0.25, -0.2) is 0 Å². The molecule has 7 nitrogen and oxygen atoms in total. The number of hydrogen-bond acceptors (Lipinski definition) is 6. The summed E-state index contributed by atoms with van der Waals surface area (Å²) in [5.41, 5.74) is 6.77.